The molecule has 1 aliphatic carbocycles. The maximum Gasteiger partial charge on any atom is 0.258 e. The Bertz CT molecular complexity index is 1760. The summed E-state index contributed by atoms with van der Waals surface area (Å²) in [6, 6.07) is 7.59. The van der Waals surface area contributed by atoms with Gasteiger partial charge in [-0.2, -0.15) is 9.78 Å². The molecule has 0 amide bonds. The number of pyridine rings is 2. The number of hydrogen-bond donors (Lipinski definition) is 2. The second-order valence-corrected chi connectivity index (χ2v) is 10.3. The minimum atomic E-state index is -0.739. The summed E-state index contributed by atoms with van der Waals surface area (Å²) < 4.78 is 20.9. The molecule has 6 rings (SSSR count). The normalized spacial score (nSPS) is 14.0. The average molecular weight is 564 g/mol. The Hall–Kier alpha value is -4.42. The molecule has 0 spiro atoms. The number of aromatic nitrogens is 8. The molecule has 1 aromatic carbocycles. The molecule has 0 aliphatic heterocycles. The molecule has 0 saturated heterocycles. The highest BCUT2D eigenvalue weighted by Crippen LogP contribution is 2.40. The molecule has 0 bridgehead atoms. The summed E-state index contributed by atoms with van der Waals surface area (Å²) in [5.74, 6) is -0.284. The maximum absolute atomic E-state index is 15.5. The molecular formula is C27H25ClFN8O3+. The first kappa shape index (κ1) is 25.8. The lowest BCUT2D eigenvalue weighted by Gasteiger charge is -2.17. The Morgan fingerprint density at radius 3 is 2.75 bits per heavy atom. The number of aliphatic hydroxyl groups excluding tert-OH is 1. The molecule has 1 atom stereocenters. The van der Waals surface area contributed by atoms with Crippen molar-refractivity contribution in [2.45, 2.75) is 31.9 Å². The van der Waals surface area contributed by atoms with Crippen LogP contribution in [-0.2, 0) is 13.7 Å². The molecular weight excluding hydrogens is 539 g/mol. The predicted molar refractivity (Wildman–Crippen MR) is 141 cm³/mol. The van der Waals surface area contributed by atoms with Crippen molar-refractivity contribution in [2.24, 2.45) is 13.0 Å². The van der Waals surface area contributed by atoms with E-state index in [1.807, 2.05) is 12.3 Å². The first-order valence-electron chi connectivity index (χ1n) is 12.7. The topological polar surface area (TPSA) is 128 Å². The van der Waals surface area contributed by atoms with E-state index in [2.05, 4.69) is 20.6 Å². The second-order valence-electron chi connectivity index (χ2n) is 9.92. The highest BCUT2D eigenvalue weighted by molar-refractivity contribution is 6.31. The van der Waals surface area contributed by atoms with E-state index in [4.69, 9.17) is 11.6 Å². The van der Waals surface area contributed by atoms with Crippen LogP contribution in [0.25, 0.3) is 27.9 Å². The summed E-state index contributed by atoms with van der Waals surface area (Å²) in [6.45, 7) is -0.433. The molecule has 1 unspecified atom stereocenters. The van der Waals surface area contributed by atoms with E-state index >= 15 is 4.39 Å². The van der Waals surface area contributed by atoms with Gasteiger partial charge in [0.2, 0.25) is 6.20 Å². The molecule has 1 aliphatic rings. The average Bonchev–Trinajstić information content (AvgIpc) is 3.37. The number of rotatable bonds is 8. The van der Waals surface area contributed by atoms with Crippen molar-refractivity contribution < 1.29 is 19.4 Å². The van der Waals surface area contributed by atoms with Gasteiger partial charge < -0.3 is 9.67 Å². The lowest BCUT2D eigenvalue weighted by atomic mass is 9.96. The smallest absolute Gasteiger partial charge is 0.258 e. The summed E-state index contributed by atoms with van der Waals surface area (Å²) >= 11 is 6.13. The number of hydrogen-bond acceptors (Lipinski definition) is 7. The van der Waals surface area contributed by atoms with Gasteiger partial charge in [0, 0.05) is 41.9 Å². The Kier molecular flexibility index (Phi) is 6.64. The van der Waals surface area contributed by atoms with Crippen LogP contribution < -0.4 is 10.3 Å². The van der Waals surface area contributed by atoms with Crippen LogP contribution in [0.4, 0.5) is 4.39 Å². The lowest BCUT2D eigenvalue weighted by molar-refractivity contribution is -0.910. The van der Waals surface area contributed by atoms with Gasteiger partial charge in [-0.15, -0.1) is 5.10 Å². The van der Waals surface area contributed by atoms with Crippen LogP contribution in [0, 0.1) is 11.7 Å². The van der Waals surface area contributed by atoms with Gasteiger partial charge in [0.25, 0.3) is 11.3 Å². The molecule has 40 heavy (non-hydrogen) atoms. The van der Waals surface area contributed by atoms with E-state index in [1.54, 1.807) is 42.3 Å². The molecule has 4 heterocycles. The summed E-state index contributed by atoms with van der Waals surface area (Å²) in [5.41, 5.74) is 2.73. The van der Waals surface area contributed by atoms with E-state index in [9.17, 15) is 15.1 Å². The zero-order valence-corrected chi connectivity index (χ0v) is 22.1. The van der Waals surface area contributed by atoms with Crippen LogP contribution in [-0.4, -0.2) is 44.9 Å². The van der Waals surface area contributed by atoms with Crippen molar-refractivity contribution in [3.8, 4) is 27.9 Å². The fourth-order valence-corrected chi connectivity index (χ4v) is 5.04. The molecule has 11 nitrogen and oxygen atoms in total. The first-order chi connectivity index (χ1) is 19.3. The number of aliphatic hydroxyl groups is 1. The van der Waals surface area contributed by atoms with Crippen molar-refractivity contribution in [1.29, 1.82) is 0 Å². The van der Waals surface area contributed by atoms with Crippen molar-refractivity contribution in [2.75, 3.05) is 0 Å². The van der Waals surface area contributed by atoms with Crippen LogP contribution in [0.15, 0.2) is 66.2 Å². The molecule has 5 aromatic rings. The van der Waals surface area contributed by atoms with Crippen molar-refractivity contribution in [1.82, 2.24) is 34.6 Å². The largest absolute Gasteiger partial charge is 0.392 e. The standard InChI is InChI=1S/C27H25ClFN8O3/c1-34-7-6-17(10-25(34)39)19-11-31-35(12-19)23(8-16-2-3-16)24-9-18(14-38)20(13-37(24)40)26-22(36-15-30-32-33-36)5-4-21(28)27(26)29/h4-7,9-13,15-16,23,38,40H,2-3,8,14H2,1H3/q+1. The fourth-order valence-electron chi connectivity index (χ4n) is 4.89. The van der Waals surface area contributed by atoms with Gasteiger partial charge in [0.05, 0.1) is 34.6 Å². The molecule has 2 N–H and O–H groups in total. The molecule has 1 saturated carbocycles. The summed E-state index contributed by atoms with van der Waals surface area (Å²) in [6.07, 6.45) is 10.7. The third-order valence-corrected chi connectivity index (χ3v) is 7.54. The lowest BCUT2D eigenvalue weighted by Crippen LogP contribution is -2.39. The first-order valence-corrected chi connectivity index (χ1v) is 13.0. The van der Waals surface area contributed by atoms with E-state index < -0.39 is 12.4 Å². The van der Waals surface area contributed by atoms with Crippen LogP contribution in [0.3, 0.4) is 0 Å². The maximum atomic E-state index is 15.5. The quantitative estimate of drug-likeness (QED) is 0.219. The number of nitrogens with zero attached hydrogens (tertiary/aromatic N) is 8. The number of benzene rings is 1. The monoisotopic (exact) mass is 563 g/mol. The Labute approximate surface area is 232 Å². The van der Waals surface area contributed by atoms with Crippen LogP contribution in [0.2, 0.25) is 5.02 Å². The van der Waals surface area contributed by atoms with Crippen molar-refractivity contribution in [3.63, 3.8) is 0 Å². The van der Waals surface area contributed by atoms with Crippen molar-refractivity contribution >= 4 is 11.6 Å². The number of aryl methyl sites for hydroxylation is 1. The zero-order chi connectivity index (χ0) is 28.0. The second kappa shape index (κ2) is 10.3. The Morgan fingerprint density at radius 1 is 1.23 bits per heavy atom. The SMILES string of the molecule is Cn1ccc(-c2cnn(C(CC3CC3)c3cc(CO)c(-c4c(-n5cnnn5)ccc(Cl)c4F)c[n+]3O)c2)cc1=O. The Morgan fingerprint density at radius 2 is 2.05 bits per heavy atom. The summed E-state index contributed by atoms with van der Waals surface area (Å²) in [5, 5.41) is 37.2. The molecule has 0 radical (unpaired) electrons. The van der Waals surface area contributed by atoms with Crippen LogP contribution in [0.5, 0.6) is 0 Å². The molecule has 1 fully saturated rings. The minimum absolute atomic E-state index is 0.0315. The van der Waals surface area contributed by atoms with Crippen LogP contribution >= 0.6 is 11.6 Å². The van der Waals surface area contributed by atoms with Crippen LogP contribution in [0.1, 0.15) is 36.6 Å². The fraction of sp³-hybridized carbons (Fsp3) is 0.259. The third kappa shape index (κ3) is 4.75. The molecule has 204 valence electrons. The van der Waals surface area contributed by atoms with Crippen molar-refractivity contribution in [3.05, 3.63) is 93.9 Å². The van der Waals surface area contributed by atoms with Gasteiger partial charge in [-0.05, 0) is 52.1 Å². The van der Waals surface area contributed by atoms with Gasteiger partial charge in [-0.25, -0.2) is 4.39 Å². The zero-order valence-electron chi connectivity index (χ0n) is 21.4. The van der Waals surface area contributed by atoms with E-state index in [-0.39, 0.29) is 33.4 Å². The predicted octanol–water partition coefficient (Wildman–Crippen LogP) is 3.09. The molecule has 13 heteroatoms. The number of halogens is 2. The van der Waals surface area contributed by atoms with E-state index in [0.717, 1.165) is 28.7 Å². The summed E-state index contributed by atoms with van der Waals surface area (Å²) in [7, 11) is 1.69. The van der Waals surface area contributed by atoms with Gasteiger partial charge in [0.1, 0.15) is 12.4 Å². The van der Waals surface area contributed by atoms with E-state index in [1.165, 1.54) is 27.8 Å². The van der Waals surface area contributed by atoms with Gasteiger partial charge in [-0.3, -0.25) is 14.7 Å². The highest BCUT2D eigenvalue weighted by atomic mass is 35.5. The van der Waals surface area contributed by atoms with E-state index in [0.29, 0.717) is 23.6 Å². The Balaban J connectivity index is 1.46. The van der Waals surface area contributed by atoms with Gasteiger partial charge in [-0.1, -0.05) is 24.4 Å². The number of tetrazole rings is 1. The minimum Gasteiger partial charge on any atom is -0.392 e. The highest BCUT2D eigenvalue weighted by Gasteiger charge is 2.35. The summed E-state index contributed by atoms with van der Waals surface area (Å²) in [4.78, 5) is 12.2. The van der Waals surface area contributed by atoms with Gasteiger partial charge in [0.15, 0.2) is 5.82 Å². The van der Waals surface area contributed by atoms with Gasteiger partial charge >= 0.3 is 0 Å². The third-order valence-electron chi connectivity index (χ3n) is 7.25. The molecule has 4 aromatic heterocycles.